The van der Waals surface area contributed by atoms with E-state index in [0.29, 0.717) is 10.6 Å². The SMILES string of the molecule is O=C(/C=C/c1ccccc1Cl)C[C@@](O)(c1ccccc1)C(F)(F)F. The maximum absolute atomic E-state index is 13.3. The second-order valence-corrected chi connectivity index (χ2v) is 5.63. The number of alkyl halides is 3. The van der Waals surface area contributed by atoms with E-state index in [1.807, 2.05) is 0 Å². The zero-order valence-corrected chi connectivity index (χ0v) is 13.2. The van der Waals surface area contributed by atoms with Crippen molar-refractivity contribution in [2.75, 3.05) is 0 Å². The molecule has 0 radical (unpaired) electrons. The highest BCUT2D eigenvalue weighted by atomic mass is 35.5. The van der Waals surface area contributed by atoms with Crippen molar-refractivity contribution in [3.8, 4) is 0 Å². The van der Waals surface area contributed by atoms with Crippen LogP contribution in [0.2, 0.25) is 5.02 Å². The molecule has 2 rings (SSSR count). The number of ketones is 1. The van der Waals surface area contributed by atoms with E-state index >= 15 is 0 Å². The fourth-order valence-electron chi connectivity index (χ4n) is 2.18. The molecule has 0 fully saturated rings. The molecule has 2 aromatic rings. The summed E-state index contributed by atoms with van der Waals surface area (Å²) in [5.41, 5.74) is -3.12. The molecule has 0 unspecified atom stereocenters. The second kappa shape index (κ2) is 7.20. The van der Waals surface area contributed by atoms with E-state index < -0.39 is 24.0 Å². The third-order valence-electron chi connectivity index (χ3n) is 3.50. The Morgan fingerprint density at radius 3 is 2.21 bits per heavy atom. The van der Waals surface area contributed by atoms with Crippen LogP contribution in [0, 0.1) is 0 Å². The Labute approximate surface area is 142 Å². The molecule has 6 heteroatoms. The van der Waals surface area contributed by atoms with Crippen LogP contribution >= 0.6 is 11.6 Å². The van der Waals surface area contributed by atoms with Gasteiger partial charge in [0.1, 0.15) is 0 Å². The minimum Gasteiger partial charge on any atom is -0.376 e. The van der Waals surface area contributed by atoms with Crippen molar-refractivity contribution in [3.05, 3.63) is 76.8 Å². The van der Waals surface area contributed by atoms with E-state index in [9.17, 15) is 23.1 Å². The van der Waals surface area contributed by atoms with Gasteiger partial charge in [-0.3, -0.25) is 4.79 Å². The summed E-state index contributed by atoms with van der Waals surface area (Å²) in [5, 5.41) is 10.5. The van der Waals surface area contributed by atoms with Gasteiger partial charge in [0, 0.05) is 5.02 Å². The highest BCUT2D eigenvalue weighted by molar-refractivity contribution is 6.32. The van der Waals surface area contributed by atoms with Crippen LogP contribution in [0.4, 0.5) is 13.2 Å². The summed E-state index contributed by atoms with van der Waals surface area (Å²) in [6.07, 6.45) is -3.78. The molecule has 0 saturated carbocycles. The van der Waals surface area contributed by atoms with Crippen molar-refractivity contribution < 1.29 is 23.1 Å². The Kier molecular flexibility index (Phi) is 5.47. The van der Waals surface area contributed by atoms with E-state index in [1.54, 1.807) is 24.3 Å². The van der Waals surface area contributed by atoms with E-state index in [4.69, 9.17) is 11.6 Å². The molecule has 126 valence electrons. The quantitative estimate of drug-likeness (QED) is 0.786. The number of rotatable bonds is 5. The number of carbonyl (C=O) groups excluding carboxylic acids is 1. The van der Waals surface area contributed by atoms with Crippen molar-refractivity contribution in [1.82, 2.24) is 0 Å². The van der Waals surface area contributed by atoms with Gasteiger partial charge in [0.15, 0.2) is 11.4 Å². The fraction of sp³-hybridized carbons (Fsp3) is 0.167. The van der Waals surface area contributed by atoms with Gasteiger partial charge in [-0.1, -0.05) is 60.1 Å². The number of hydrogen-bond acceptors (Lipinski definition) is 2. The van der Waals surface area contributed by atoms with Gasteiger partial charge in [0.05, 0.1) is 6.42 Å². The molecule has 0 aliphatic heterocycles. The van der Waals surface area contributed by atoms with Gasteiger partial charge in [-0.05, 0) is 29.3 Å². The zero-order chi connectivity index (χ0) is 17.8. The predicted octanol–water partition coefficient (Wildman–Crippen LogP) is 4.76. The third-order valence-corrected chi connectivity index (χ3v) is 3.85. The normalized spacial score (nSPS) is 14.5. The van der Waals surface area contributed by atoms with Crippen LogP contribution in [0.3, 0.4) is 0 Å². The molecule has 1 atom stereocenters. The van der Waals surface area contributed by atoms with Crippen LogP contribution in [0.25, 0.3) is 6.08 Å². The van der Waals surface area contributed by atoms with E-state index in [1.165, 1.54) is 24.3 Å². The van der Waals surface area contributed by atoms with Crippen molar-refractivity contribution >= 4 is 23.5 Å². The summed E-state index contributed by atoms with van der Waals surface area (Å²) >= 11 is 5.92. The first-order chi connectivity index (χ1) is 11.2. The molecule has 0 aliphatic rings. The van der Waals surface area contributed by atoms with Crippen LogP contribution in [-0.2, 0) is 10.4 Å². The molecular weight excluding hydrogens is 341 g/mol. The molecule has 0 saturated heterocycles. The molecule has 0 spiro atoms. The molecular formula is C18H14ClF3O2. The van der Waals surface area contributed by atoms with Gasteiger partial charge < -0.3 is 5.11 Å². The number of benzene rings is 2. The second-order valence-electron chi connectivity index (χ2n) is 5.22. The summed E-state index contributed by atoms with van der Waals surface area (Å²) in [7, 11) is 0. The first-order valence-corrected chi connectivity index (χ1v) is 7.42. The Hall–Kier alpha value is -2.11. The van der Waals surface area contributed by atoms with Gasteiger partial charge >= 0.3 is 6.18 Å². The summed E-state index contributed by atoms with van der Waals surface area (Å²) in [4.78, 5) is 12.0. The summed E-state index contributed by atoms with van der Waals surface area (Å²) in [5.74, 6) is -0.862. The number of aliphatic hydroxyl groups is 1. The van der Waals surface area contributed by atoms with Crippen molar-refractivity contribution in [2.24, 2.45) is 0 Å². The summed E-state index contributed by atoms with van der Waals surface area (Å²) < 4.78 is 40.0. The first-order valence-electron chi connectivity index (χ1n) is 7.04. The maximum atomic E-state index is 13.3. The summed E-state index contributed by atoms with van der Waals surface area (Å²) in [6, 6.07) is 13.1. The minimum absolute atomic E-state index is 0.371. The Morgan fingerprint density at radius 1 is 1.04 bits per heavy atom. The highest BCUT2D eigenvalue weighted by Crippen LogP contribution is 2.41. The Bertz CT molecular complexity index is 741. The van der Waals surface area contributed by atoms with E-state index in [2.05, 4.69) is 0 Å². The molecule has 0 bridgehead atoms. The first kappa shape index (κ1) is 18.2. The van der Waals surface area contributed by atoms with Gasteiger partial charge in [0.2, 0.25) is 0 Å². The smallest absolute Gasteiger partial charge is 0.376 e. The van der Waals surface area contributed by atoms with Gasteiger partial charge in [0.25, 0.3) is 0 Å². The number of halogens is 4. The van der Waals surface area contributed by atoms with Crippen molar-refractivity contribution in [1.29, 1.82) is 0 Å². The van der Waals surface area contributed by atoms with Gasteiger partial charge in [-0.15, -0.1) is 0 Å². The molecule has 0 heterocycles. The maximum Gasteiger partial charge on any atom is 0.421 e. The molecule has 2 aromatic carbocycles. The lowest BCUT2D eigenvalue weighted by atomic mass is 9.87. The molecule has 0 aliphatic carbocycles. The molecule has 0 aromatic heterocycles. The van der Waals surface area contributed by atoms with Crippen LogP contribution in [0.15, 0.2) is 60.7 Å². The number of allylic oxidation sites excluding steroid dienone is 1. The average molecular weight is 355 g/mol. The largest absolute Gasteiger partial charge is 0.421 e. The van der Waals surface area contributed by atoms with Crippen LogP contribution < -0.4 is 0 Å². The van der Waals surface area contributed by atoms with Gasteiger partial charge in [-0.25, -0.2) is 0 Å². The third kappa shape index (κ3) is 4.04. The van der Waals surface area contributed by atoms with Crippen LogP contribution in [-0.4, -0.2) is 17.1 Å². The van der Waals surface area contributed by atoms with Crippen LogP contribution in [0.5, 0.6) is 0 Å². The Balaban J connectivity index is 2.25. The lowest BCUT2D eigenvalue weighted by Crippen LogP contribution is -2.43. The van der Waals surface area contributed by atoms with Crippen LogP contribution in [0.1, 0.15) is 17.5 Å². The molecule has 0 amide bonds. The van der Waals surface area contributed by atoms with Gasteiger partial charge in [-0.2, -0.15) is 13.2 Å². The van der Waals surface area contributed by atoms with Crippen molar-refractivity contribution in [2.45, 2.75) is 18.2 Å². The highest BCUT2D eigenvalue weighted by Gasteiger charge is 2.55. The molecule has 2 nitrogen and oxygen atoms in total. The number of hydrogen-bond donors (Lipinski definition) is 1. The van der Waals surface area contributed by atoms with E-state index in [-0.39, 0.29) is 5.56 Å². The molecule has 24 heavy (non-hydrogen) atoms. The summed E-state index contributed by atoms with van der Waals surface area (Å²) in [6.45, 7) is 0. The predicted molar refractivity (Wildman–Crippen MR) is 86.5 cm³/mol. The lowest BCUT2D eigenvalue weighted by Gasteiger charge is -2.30. The van der Waals surface area contributed by atoms with E-state index in [0.717, 1.165) is 18.2 Å². The number of carbonyl (C=O) groups is 1. The fourth-order valence-corrected chi connectivity index (χ4v) is 2.38. The average Bonchev–Trinajstić information content (AvgIpc) is 2.54. The van der Waals surface area contributed by atoms with Crippen molar-refractivity contribution in [3.63, 3.8) is 0 Å². The monoisotopic (exact) mass is 354 g/mol. The Morgan fingerprint density at radius 2 is 1.62 bits per heavy atom. The lowest BCUT2D eigenvalue weighted by molar-refractivity contribution is -0.266. The zero-order valence-electron chi connectivity index (χ0n) is 12.4. The molecule has 1 N–H and O–H groups in total. The standard InChI is InChI=1S/C18H14ClF3O2/c19-16-9-5-4-6-13(16)10-11-15(23)12-17(24,18(20,21)22)14-7-2-1-3-8-14/h1-11,24H,12H2/b11-10+/t17-/m1/s1. The minimum atomic E-state index is -4.98. The topological polar surface area (TPSA) is 37.3 Å².